The number of nitrogens with zero attached hydrogens (tertiary/aromatic N) is 3. The fraction of sp³-hybridized carbons (Fsp3) is 0.333. The van der Waals surface area contributed by atoms with Crippen LogP contribution in [0.15, 0.2) is 48.7 Å². The molecule has 0 amide bonds. The SMILES string of the molecule is CN1CCCC1CCn1ccc2cc([N+](=O)[O-])ccc21.Cc1c(C(=O)O)cccc1C(=O)O. The zero-order chi connectivity index (χ0) is 24.1. The average Bonchev–Trinajstić information content (AvgIpc) is 3.37. The van der Waals surface area contributed by atoms with Crippen molar-refractivity contribution in [3.8, 4) is 0 Å². The first-order valence-corrected chi connectivity index (χ1v) is 10.7. The summed E-state index contributed by atoms with van der Waals surface area (Å²) >= 11 is 0. The molecule has 0 radical (unpaired) electrons. The minimum Gasteiger partial charge on any atom is -0.478 e. The fourth-order valence-corrected chi connectivity index (χ4v) is 4.23. The number of nitro groups is 1. The van der Waals surface area contributed by atoms with Crippen molar-refractivity contribution >= 4 is 28.5 Å². The summed E-state index contributed by atoms with van der Waals surface area (Å²) in [6, 6.07) is 11.9. The van der Waals surface area contributed by atoms with Crippen molar-refractivity contribution < 1.29 is 24.7 Å². The van der Waals surface area contributed by atoms with Gasteiger partial charge in [0, 0.05) is 41.8 Å². The molecule has 1 aliphatic rings. The summed E-state index contributed by atoms with van der Waals surface area (Å²) in [4.78, 5) is 34.1. The number of carbonyl (C=O) groups is 2. The summed E-state index contributed by atoms with van der Waals surface area (Å²) in [7, 11) is 2.19. The van der Waals surface area contributed by atoms with Crippen LogP contribution in [0.4, 0.5) is 5.69 Å². The summed E-state index contributed by atoms with van der Waals surface area (Å²) in [6.07, 6.45) is 5.74. The van der Waals surface area contributed by atoms with Gasteiger partial charge in [0.15, 0.2) is 0 Å². The van der Waals surface area contributed by atoms with Gasteiger partial charge in [-0.15, -0.1) is 0 Å². The Hall–Kier alpha value is -3.72. The van der Waals surface area contributed by atoms with Crippen molar-refractivity contribution in [3.63, 3.8) is 0 Å². The van der Waals surface area contributed by atoms with E-state index in [1.807, 2.05) is 18.3 Å². The number of aromatic carboxylic acids is 2. The number of hydrogen-bond donors (Lipinski definition) is 2. The molecule has 1 aromatic heterocycles. The Bertz CT molecular complexity index is 1150. The van der Waals surface area contributed by atoms with Crippen LogP contribution in [0, 0.1) is 17.0 Å². The van der Waals surface area contributed by atoms with Gasteiger partial charge in [0.05, 0.1) is 16.1 Å². The van der Waals surface area contributed by atoms with Crippen molar-refractivity contribution in [2.75, 3.05) is 13.6 Å². The van der Waals surface area contributed by atoms with Crippen molar-refractivity contribution in [1.29, 1.82) is 0 Å². The molecule has 3 aromatic rings. The number of hydrogen-bond acceptors (Lipinski definition) is 5. The van der Waals surface area contributed by atoms with Gasteiger partial charge in [-0.1, -0.05) is 6.07 Å². The highest BCUT2D eigenvalue weighted by Crippen LogP contribution is 2.24. The summed E-state index contributed by atoms with van der Waals surface area (Å²) in [6.45, 7) is 3.65. The monoisotopic (exact) mass is 453 g/mol. The molecule has 1 saturated heterocycles. The Morgan fingerprint density at radius 2 is 1.79 bits per heavy atom. The van der Waals surface area contributed by atoms with E-state index >= 15 is 0 Å². The number of aromatic nitrogens is 1. The zero-order valence-electron chi connectivity index (χ0n) is 18.6. The summed E-state index contributed by atoms with van der Waals surface area (Å²) in [5.41, 5.74) is 1.57. The standard InChI is InChI=1S/C15H19N3O2.C9H8O4/c1-16-8-2-3-13(16)7-10-17-9-6-12-11-14(18(19)20)4-5-15(12)17;1-5-6(8(10)11)3-2-4-7(5)9(12)13/h4-6,9,11,13H,2-3,7-8,10H2,1H3;2-4H,1H3,(H,10,11)(H,12,13). The summed E-state index contributed by atoms with van der Waals surface area (Å²) in [5.74, 6) is -2.22. The van der Waals surface area contributed by atoms with Gasteiger partial charge in [-0.25, -0.2) is 9.59 Å². The predicted octanol–water partition coefficient (Wildman–Crippen LogP) is 4.43. The topological polar surface area (TPSA) is 126 Å². The van der Waals surface area contributed by atoms with Gasteiger partial charge < -0.3 is 19.7 Å². The van der Waals surface area contributed by atoms with E-state index in [1.165, 1.54) is 44.5 Å². The van der Waals surface area contributed by atoms with Gasteiger partial charge in [-0.3, -0.25) is 10.1 Å². The van der Waals surface area contributed by atoms with E-state index in [2.05, 4.69) is 16.5 Å². The molecule has 0 saturated carbocycles. The van der Waals surface area contributed by atoms with Crippen LogP contribution in [0.3, 0.4) is 0 Å². The van der Waals surface area contributed by atoms with E-state index < -0.39 is 11.9 Å². The molecule has 2 aromatic carbocycles. The second-order valence-electron chi connectivity index (χ2n) is 8.16. The number of rotatable bonds is 6. The lowest BCUT2D eigenvalue weighted by Crippen LogP contribution is -2.25. The Morgan fingerprint density at radius 3 is 2.33 bits per heavy atom. The largest absolute Gasteiger partial charge is 0.478 e. The lowest BCUT2D eigenvalue weighted by atomic mass is 10.0. The number of carboxylic acid groups (broad SMARTS) is 2. The lowest BCUT2D eigenvalue weighted by molar-refractivity contribution is -0.384. The first-order valence-electron chi connectivity index (χ1n) is 10.7. The van der Waals surface area contributed by atoms with Gasteiger partial charge in [-0.05, 0) is 69.6 Å². The van der Waals surface area contributed by atoms with Crippen LogP contribution in [0.1, 0.15) is 45.5 Å². The van der Waals surface area contributed by atoms with Gasteiger partial charge in [0.2, 0.25) is 0 Å². The van der Waals surface area contributed by atoms with E-state index in [9.17, 15) is 19.7 Å². The smallest absolute Gasteiger partial charge is 0.335 e. The molecule has 0 bridgehead atoms. The third-order valence-corrected chi connectivity index (χ3v) is 6.13. The quantitative estimate of drug-likeness (QED) is 0.418. The predicted molar refractivity (Wildman–Crippen MR) is 124 cm³/mol. The van der Waals surface area contributed by atoms with E-state index in [4.69, 9.17) is 10.2 Å². The highest BCUT2D eigenvalue weighted by atomic mass is 16.6. The Labute approximate surface area is 191 Å². The first-order chi connectivity index (χ1) is 15.7. The molecule has 4 rings (SSSR count). The van der Waals surface area contributed by atoms with Crippen molar-refractivity contribution in [1.82, 2.24) is 9.47 Å². The number of likely N-dealkylation sites (tertiary alicyclic amines) is 1. The van der Waals surface area contributed by atoms with Crippen LogP contribution >= 0.6 is 0 Å². The van der Waals surface area contributed by atoms with E-state index in [1.54, 1.807) is 12.1 Å². The van der Waals surface area contributed by atoms with E-state index in [0.717, 1.165) is 23.9 Å². The first kappa shape index (κ1) is 23.9. The second-order valence-corrected chi connectivity index (χ2v) is 8.16. The highest BCUT2D eigenvalue weighted by Gasteiger charge is 2.20. The van der Waals surface area contributed by atoms with Crippen LogP contribution in [0.2, 0.25) is 0 Å². The van der Waals surface area contributed by atoms with Gasteiger partial charge in [0.1, 0.15) is 0 Å². The molecule has 2 heterocycles. The molecule has 0 aliphatic carbocycles. The summed E-state index contributed by atoms with van der Waals surface area (Å²) in [5, 5.41) is 29.1. The highest BCUT2D eigenvalue weighted by molar-refractivity contribution is 5.96. The van der Waals surface area contributed by atoms with Gasteiger partial charge in [-0.2, -0.15) is 0 Å². The molecule has 33 heavy (non-hydrogen) atoms. The molecular formula is C24H27N3O6. The Morgan fingerprint density at radius 1 is 1.12 bits per heavy atom. The zero-order valence-corrected chi connectivity index (χ0v) is 18.6. The molecule has 9 heteroatoms. The number of nitro benzene ring substituents is 1. The number of fused-ring (bicyclic) bond motifs is 1. The van der Waals surface area contributed by atoms with Crippen LogP contribution in [-0.2, 0) is 6.54 Å². The minimum absolute atomic E-state index is 0.0277. The van der Waals surface area contributed by atoms with Crippen molar-refractivity contribution in [2.45, 2.75) is 38.8 Å². The van der Waals surface area contributed by atoms with Crippen LogP contribution in [-0.4, -0.2) is 56.2 Å². The summed E-state index contributed by atoms with van der Waals surface area (Å²) < 4.78 is 2.20. The fourth-order valence-electron chi connectivity index (χ4n) is 4.23. The third-order valence-electron chi connectivity index (χ3n) is 6.13. The molecule has 1 fully saturated rings. The van der Waals surface area contributed by atoms with Crippen LogP contribution in [0.5, 0.6) is 0 Å². The van der Waals surface area contributed by atoms with Crippen molar-refractivity contribution in [2.24, 2.45) is 0 Å². The average molecular weight is 453 g/mol. The van der Waals surface area contributed by atoms with Crippen LogP contribution < -0.4 is 0 Å². The maximum atomic E-state index is 10.8. The lowest BCUT2D eigenvalue weighted by Gasteiger charge is -2.19. The second kappa shape index (κ2) is 10.3. The molecule has 9 nitrogen and oxygen atoms in total. The van der Waals surface area contributed by atoms with E-state index in [-0.39, 0.29) is 27.3 Å². The normalized spacial score (nSPS) is 15.8. The third kappa shape index (κ3) is 5.56. The number of benzene rings is 2. The van der Waals surface area contributed by atoms with Crippen molar-refractivity contribution in [3.05, 3.63) is 75.5 Å². The Kier molecular flexibility index (Phi) is 7.44. The molecule has 1 unspecified atom stereocenters. The Balaban J connectivity index is 0.000000205. The number of carboxylic acids is 2. The maximum absolute atomic E-state index is 10.8. The molecule has 1 atom stereocenters. The molecule has 0 spiro atoms. The number of non-ortho nitro benzene ring substituents is 1. The van der Waals surface area contributed by atoms with Gasteiger partial charge in [0.25, 0.3) is 5.69 Å². The van der Waals surface area contributed by atoms with Gasteiger partial charge >= 0.3 is 11.9 Å². The number of aryl methyl sites for hydroxylation is 1. The molecular weight excluding hydrogens is 426 g/mol. The van der Waals surface area contributed by atoms with E-state index in [0.29, 0.717) is 6.04 Å². The molecule has 2 N–H and O–H groups in total. The van der Waals surface area contributed by atoms with Crippen LogP contribution in [0.25, 0.3) is 10.9 Å². The molecule has 174 valence electrons. The molecule has 1 aliphatic heterocycles. The minimum atomic E-state index is -1.11. The maximum Gasteiger partial charge on any atom is 0.335 e.